The summed E-state index contributed by atoms with van der Waals surface area (Å²) >= 11 is 3.48. The normalized spacial score (nSPS) is 14.7. The first-order valence-corrected chi connectivity index (χ1v) is 5.92. The summed E-state index contributed by atoms with van der Waals surface area (Å²) in [6.45, 7) is 3.69. The molecule has 0 unspecified atom stereocenters. The van der Waals surface area contributed by atoms with Crippen LogP contribution in [0.1, 0.15) is 17.5 Å². The van der Waals surface area contributed by atoms with Crippen molar-refractivity contribution in [2.45, 2.75) is 20.0 Å². The fourth-order valence-electron chi connectivity index (χ4n) is 1.73. The molecule has 2 rings (SSSR count). The average Bonchev–Trinajstić information content (AvgIpc) is 2.49. The Morgan fingerprint density at radius 3 is 2.94 bits per heavy atom. The van der Waals surface area contributed by atoms with Gasteiger partial charge in [0.2, 0.25) is 0 Å². The first kappa shape index (κ1) is 11.7. The summed E-state index contributed by atoms with van der Waals surface area (Å²) in [5, 5.41) is 0. The Balaban J connectivity index is 2.47. The molecule has 0 aromatic heterocycles. The minimum absolute atomic E-state index is 0.350. The van der Waals surface area contributed by atoms with Gasteiger partial charge in [0, 0.05) is 22.0 Å². The maximum Gasteiger partial charge on any atom is 0.164 e. The molecule has 0 fully saturated rings. The number of rotatable bonds is 2. The number of benzene rings is 1. The molecular weight excluding hydrogens is 274 g/mol. The number of ether oxygens (including phenoxy) is 2. The second-order valence-corrected chi connectivity index (χ2v) is 4.51. The van der Waals surface area contributed by atoms with Gasteiger partial charge in [0.1, 0.15) is 0 Å². The molecule has 1 aromatic rings. The SMILES string of the molecule is Cc1c(CON)c(Br)cc2c1OCCCO2. The summed E-state index contributed by atoms with van der Waals surface area (Å²) in [6, 6.07) is 1.90. The van der Waals surface area contributed by atoms with Crippen molar-refractivity contribution in [3.63, 3.8) is 0 Å². The Hall–Kier alpha value is -0.780. The van der Waals surface area contributed by atoms with E-state index in [2.05, 4.69) is 20.8 Å². The van der Waals surface area contributed by atoms with E-state index in [-0.39, 0.29) is 0 Å². The van der Waals surface area contributed by atoms with E-state index in [1.165, 1.54) is 0 Å². The largest absolute Gasteiger partial charge is 0.490 e. The molecule has 0 bridgehead atoms. The second-order valence-electron chi connectivity index (χ2n) is 3.65. The van der Waals surface area contributed by atoms with Gasteiger partial charge in [-0.15, -0.1) is 0 Å². The van der Waals surface area contributed by atoms with Gasteiger partial charge in [0.25, 0.3) is 0 Å². The van der Waals surface area contributed by atoms with Gasteiger partial charge in [0.15, 0.2) is 11.5 Å². The molecule has 0 radical (unpaired) electrons. The van der Waals surface area contributed by atoms with E-state index in [1.54, 1.807) is 0 Å². The Labute approximate surface area is 103 Å². The van der Waals surface area contributed by atoms with Crippen molar-refractivity contribution in [1.82, 2.24) is 0 Å². The van der Waals surface area contributed by atoms with Gasteiger partial charge in [-0.3, -0.25) is 4.84 Å². The molecule has 1 aromatic carbocycles. The quantitative estimate of drug-likeness (QED) is 0.848. The van der Waals surface area contributed by atoms with Crippen LogP contribution in [-0.4, -0.2) is 13.2 Å². The zero-order valence-electron chi connectivity index (χ0n) is 9.09. The number of halogens is 1. The van der Waals surface area contributed by atoms with Crippen LogP contribution in [0.3, 0.4) is 0 Å². The van der Waals surface area contributed by atoms with Gasteiger partial charge < -0.3 is 9.47 Å². The smallest absolute Gasteiger partial charge is 0.164 e. The molecule has 0 amide bonds. The molecule has 0 saturated carbocycles. The molecule has 5 heteroatoms. The van der Waals surface area contributed by atoms with E-state index in [0.29, 0.717) is 19.8 Å². The minimum atomic E-state index is 0.350. The number of nitrogens with two attached hydrogens (primary N) is 1. The molecule has 4 nitrogen and oxygen atoms in total. The van der Waals surface area contributed by atoms with Gasteiger partial charge in [-0.2, -0.15) is 0 Å². The van der Waals surface area contributed by atoms with Crippen molar-refractivity contribution >= 4 is 15.9 Å². The highest BCUT2D eigenvalue weighted by atomic mass is 79.9. The van der Waals surface area contributed by atoms with E-state index in [1.807, 2.05) is 13.0 Å². The zero-order valence-corrected chi connectivity index (χ0v) is 10.7. The van der Waals surface area contributed by atoms with Crippen molar-refractivity contribution in [3.8, 4) is 11.5 Å². The molecule has 88 valence electrons. The highest BCUT2D eigenvalue weighted by Gasteiger charge is 2.18. The van der Waals surface area contributed by atoms with Crippen LogP contribution in [0.15, 0.2) is 10.5 Å². The van der Waals surface area contributed by atoms with Crippen molar-refractivity contribution in [2.75, 3.05) is 13.2 Å². The molecule has 1 aliphatic heterocycles. The first-order valence-electron chi connectivity index (χ1n) is 5.13. The van der Waals surface area contributed by atoms with Crippen LogP contribution in [0.2, 0.25) is 0 Å². The highest BCUT2D eigenvalue weighted by Crippen LogP contribution is 2.39. The molecule has 1 heterocycles. The highest BCUT2D eigenvalue weighted by molar-refractivity contribution is 9.10. The lowest BCUT2D eigenvalue weighted by Gasteiger charge is -2.15. The number of fused-ring (bicyclic) bond motifs is 1. The van der Waals surface area contributed by atoms with Gasteiger partial charge >= 0.3 is 0 Å². The number of hydrogen-bond acceptors (Lipinski definition) is 4. The predicted molar refractivity (Wildman–Crippen MR) is 63.5 cm³/mol. The lowest BCUT2D eigenvalue weighted by molar-refractivity contribution is 0.123. The minimum Gasteiger partial charge on any atom is -0.490 e. The maximum atomic E-state index is 5.68. The van der Waals surface area contributed by atoms with E-state index >= 15 is 0 Å². The van der Waals surface area contributed by atoms with E-state index < -0.39 is 0 Å². The van der Waals surface area contributed by atoms with Crippen molar-refractivity contribution < 1.29 is 14.3 Å². The van der Waals surface area contributed by atoms with E-state index in [0.717, 1.165) is 33.5 Å². The third kappa shape index (κ3) is 2.16. The summed E-state index contributed by atoms with van der Waals surface area (Å²) in [6.07, 6.45) is 0.897. The zero-order chi connectivity index (χ0) is 11.5. The van der Waals surface area contributed by atoms with Crippen LogP contribution >= 0.6 is 15.9 Å². The standard InChI is InChI=1S/C11H14BrNO3/c1-7-8(6-16-13)9(12)5-10-11(7)15-4-2-3-14-10/h5H,2-4,6,13H2,1H3. The molecule has 1 aliphatic rings. The van der Waals surface area contributed by atoms with Gasteiger partial charge in [0.05, 0.1) is 19.8 Å². The lowest BCUT2D eigenvalue weighted by Crippen LogP contribution is -2.04. The second kappa shape index (κ2) is 5.03. The fraction of sp³-hybridized carbons (Fsp3) is 0.455. The molecule has 0 saturated heterocycles. The third-order valence-corrected chi connectivity index (χ3v) is 3.29. The Morgan fingerprint density at radius 1 is 1.44 bits per heavy atom. The van der Waals surface area contributed by atoms with Crippen LogP contribution < -0.4 is 15.4 Å². The summed E-state index contributed by atoms with van der Waals surface area (Å²) in [5.41, 5.74) is 2.00. The van der Waals surface area contributed by atoms with Crippen LogP contribution in [0.4, 0.5) is 0 Å². The van der Waals surface area contributed by atoms with E-state index in [4.69, 9.17) is 15.4 Å². The molecular formula is C11H14BrNO3. The van der Waals surface area contributed by atoms with Gasteiger partial charge in [-0.1, -0.05) is 15.9 Å². The van der Waals surface area contributed by atoms with Crippen LogP contribution in [-0.2, 0) is 11.4 Å². The monoisotopic (exact) mass is 287 g/mol. The lowest BCUT2D eigenvalue weighted by atomic mass is 10.1. The summed E-state index contributed by atoms with van der Waals surface area (Å²) < 4.78 is 12.2. The average molecular weight is 288 g/mol. The Kier molecular flexibility index (Phi) is 3.68. The molecule has 0 spiro atoms. The summed E-state index contributed by atoms with van der Waals surface area (Å²) in [4.78, 5) is 4.69. The van der Waals surface area contributed by atoms with Crippen molar-refractivity contribution in [3.05, 3.63) is 21.7 Å². The van der Waals surface area contributed by atoms with Crippen molar-refractivity contribution in [2.24, 2.45) is 5.90 Å². The summed E-state index contributed by atoms with van der Waals surface area (Å²) in [5.74, 6) is 6.69. The van der Waals surface area contributed by atoms with Crippen LogP contribution in [0, 0.1) is 6.92 Å². The topological polar surface area (TPSA) is 53.7 Å². The molecule has 16 heavy (non-hydrogen) atoms. The van der Waals surface area contributed by atoms with Gasteiger partial charge in [-0.25, -0.2) is 5.90 Å². The molecule has 0 atom stereocenters. The predicted octanol–water partition coefficient (Wildman–Crippen LogP) is 2.31. The van der Waals surface area contributed by atoms with Gasteiger partial charge in [-0.05, 0) is 13.0 Å². The first-order chi connectivity index (χ1) is 7.74. The van der Waals surface area contributed by atoms with Crippen LogP contribution in [0.25, 0.3) is 0 Å². The van der Waals surface area contributed by atoms with Crippen LogP contribution in [0.5, 0.6) is 11.5 Å². The fourth-order valence-corrected chi connectivity index (χ4v) is 2.35. The molecule has 0 aliphatic carbocycles. The summed E-state index contributed by atoms with van der Waals surface area (Å²) in [7, 11) is 0. The van der Waals surface area contributed by atoms with E-state index in [9.17, 15) is 0 Å². The number of hydrogen-bond donors (Lipinski definition) is 1. The van der Waals surface area contributed by atoms with Crippen molar-refractivity contribution in [1.29, 1.82) is 0 Å². The Bertz CT molecular complexity index is 395. The molecule has 2 N–H and O–H groups in total. The Morgan fingerprint density at radius 2 is 2.19 bits per heavy atom. The maximum absolute atomic E-state index is 5.68. The third-order valence-electron chi connectivity index (χ3n) is 2.58.